The molecule has 1 aliphatic heterocycles. The molecule has 0 spiro atoms. The molecule has 1 N–H and O–H groups in total. The highest BCUT2D eigenvalue weighted by molar-refractivity contribution is 5.93. The van der Waals surface area contributed by atoms with Crippen molar-refractivity contribution < 1.29 is 11.0 Å². The number of pyridine rings is 1. The van der Waals surface area contributed by atoms with Crippen LogP contribution in [-0.4, -0.2) is 34.8 Å². The molecular formula is C13H15N3O2. The lowest BCUT2D eigenvalue weighted by molar-refractivity contribution is -0.123. The summed E-state index contributed by atoms with van der Waals surface area (Å²) in [5.41, 5.74) is 0.247. The second kappa shape index (κ2) is 5.44. The number of carbonyl (C=O) groups excluding carboxylic acids is 2. The minimum atomic E-state index is -0.233. The lowest BCUT2D eigenvalue weighted by Gasteiger charge is -2.15. The molecule has 94 valence electrons. The fourth-order valence-corrected chi connectivity index (χ4v) is 1.98. The third kappa shape index (κ3) is 2.56. The van der Waals surface area contributed by atoms with Gasteiger partial charge in [0.15, 0.2) is 0 Å². The molecule has 5 nitrogen and oxygen atoms in total. The molecule has 2 heterocycles. The molecule has 1 aromatic rings. The van der Waals surface area contributed by atoms with Gasteiger partial charge in [0, 0.05) is 19.3 Å². The fraction of sp³-hybridized carbons (Fsp3) is 0.308. The minimum Gasteiger partial charge on any atom is -0.336 e. The van der Waals surface area contributed by atoms with Gasteiger partial charge < -0.3 is 10.2 Å². The normalized spacial score (nSPS) is 19.2. The zero-order valence-corrected chi connectivity index (χ0v) is 9.93. The van der Waals surface area contributed by atoms with Gasteiger partial charge in [-0.1, -0.05) is 12.6 Å². The summed E-state index contributed by atoms with van der Waals surface area (Å²) < 4.78 is 7.41. The van der Waals surface area contributed by atoms with Gasteiger partial charge in [0.1, 0.15) is 5.69 Å². The van der Waals surface area contributed by atoms with Crippen molar-refractivity contribution in [3.05, 3.63) is 42.8 Å². The van der Waals surface area contributed by atoms with E-state index < -0.39 is 0 Å². The smallest absolute Gasteiger partial charge is 0.272 e. The Hall–Kier alpha value is -2.17. The Labute approximate surface area is 107 Å². The van der Waals surface area contributed by atoms with Crippen LogP contribution in [0.1, 0.15) is 18.3 Å². The van der Waals surface area contributed by atoms with Gasteiger partial charge in [-0.25, -0.2) is 0 Å². The number of rotatable bonds is 3. The molecule has 2 amide bonds. The van der Waals surface area contributed by atoms with Crippen LogP contribution in [0, 0.1) is 5.92 Å². The highest BCUT2D eigenvalue weighted by atomic mass is 16.2. The van der Waals surface area contributed by atoms with Gasteiger partial charge >= 0.3 is 0 Å². The van der Waals surface area contributed by atoms with Gasteiger partial charge in [0.05, 0.1) is 7.29 Å². The molecule has 0 aliphatic carbocycles. The average Bonchev–Trinajstić information content (AvgIpc) is 2.88. The summed E-state index contributed by atoms with van der Waals surface area (Å²) in [5, 5.41) is 2.54. The lowest BCUT2D eigenvalue weighted by atomic mass is 10.1. The molecular weight excluding hydrogens is 230 g/mol. The number of nitrogens with one attached hydrogen (secondary N) is 1. The van der Waals surface area contributed by atoms with E-state index in [1.807, 2.05) is 0 Å². The molecule has 1 aromatic heterocycles. The van der Waals surface area contributed by atoms with E-state index in [1.165, 1.54) is 12.3 Å². The minimum absolute atomic E-state index is 0.0611. The monoisotopic (exact) mass is 247 g/mol. The van der Waals surface area contributed by atoms with Crippen molar-refractivity contribution in [1.29, 1.82) is 0 Å². The van der Waals surface area contributed by atoms with Gasteiger partial charge in [0.25, 0.3) is 5.91 Å². The first-order valence-corrected chi connectivity index (χ1v) is 5.76. The maximum Gasteiger partial charge on any atom is 0.272 e. The predicted octanol–water partition coefficient (Wildman–Crippen LogP) is 0.803. The summed E-state index contributed by atoms with van der Waals surface area (Å²) in [6.07, 6.45) is 2.04. The van der Waals surface area contributed by atoms with Crippen molar-refractivity contribution in [2.45, 2.75) is 6.42 Å². The molecule has 18 heavy (non-hydrogen) atoms. The van der Waals surface area contributed by atoms with Gasteiger partial charge in [-0.2, -0.15) is 0 Å². The predicted molar refractivity (Wildman–Crippen MR) is 66.6 cm³/mol. The van der Waals surface area contributed by atoms with Crippen molar-refractivity contribution in [3.63, 3.8) is 0 Å². The fourth-order valence-electron chi connectivity index (χ4n) is 1.98. The second-order valence-corrected chi connectivity index (χ2v) is 4.10. The Balaban J connectivity index is 2.03. The number of likely N-dealkylation sites (tertiary alicyclic amines) is 1. The SMILES string of the molecule is [3H]c1cccc(C(=O)N2CCC(C(=O)NC=C)C2)n1. The largest absolute Gasteiger partial charge is 0.336 e. The van der Waals surface area contributed by atoms with Crippen molar-refractivity contribution in [2.24, 2.45) is 5.92 Å². The molecule has 2 rings (SSSR count). The molecule has 0 bridgehead atoms. The van der Waals surface area contributed by atoms with Crippen molar-refractivity contribution >= 4 is 11.8 Å². The standard InChI is InChI=1S/C13H15N3O2/c1-2-14-12(17)10-6-8-16(9-10)13(18)11-5-3-4-7-15-11/h2-5,7,10H,1,6,8-9H2,(H,14,17)/i7T. The number of hydrogen-bond donors (Lipinski definition) is 1. The number of carbonyl (C=O) groups is 2. The average molecular weight is 247 g/mol. The van der Waals surface area contributed by atoms with E-state index in [-0.39, 0.29) is 29.6 Å². The summed E-state index contributed by atoms with van der Waals surface area (Å²) in [7, 11) is 0. The first kappa shape index (κ1) is 11.0. The third-order valence-electron chi connectivity index (χ3n) is 2.92. The summed E-state index contributed by atoms with van der Waals surface area (Å²) in [4.78, 5) is 29.3. The highest BCUT2D eigenvalue weighted by Crippen LogP contribution is 2.18. The van der Waals surface area contributed by atoms with Crippen LogP contribution in [0.3, 0.4) is 0 Å². The van der Waals surface area contributed by atoms with Crippen LogP contribution >= 0.6 is 0 Å². The number of nitrogens with zero attached hydrogens (tertiary/aromatic N) is 2. The van der Waals surface area contributed by atoms with Crippen LogP contribution in [-0.2, 0) is 4.79 Å². The first-order chi connectivity index (χ1) is 9.11. The van der Waals surface area contributed by atoms with E-state index in [0.29, 0.717) is 19.5 Å². The molecule has 1 atom stereocenters. The van der Waals surface area contributed by atoms with E-state index in [1.54, 1.807) is 17.0 Å². The zero-order valence-electron chi connectivity index (χ0n) is 10.9. The molecule has 0 saturated carbocycles. The highest BCUT2D eigenvalue weighted by Gasteiger charge is 2.31. The van der Waals surface area contributed by atoms with Gasteiger partial charge in [-0.3, -0.25) is 14.6 Å². The summed E-state index contributed by atoms with van der Waals surface area (Å²) in [6, 6.07) is 4.72. The van der Waals surface area contributed by atoms with Crippen LogP contribution in [0.4, 0.5) is 0 Å². The summed E-state index contributed by atoms with van der Waals surface area (Å²) >= 11 is 0. The first-order valence-electron chi connectivity index (χ1n) is 6.26. The Morgan fingerprint density at radius 1 is 1.61 bits per heavy atom. The molecule has 5 heteroatoms. The molecule has 0 aromatic carbocycles. The Kier molecular flexibility index (Phi) is 3.31. The number of hydrogen-bond acceptors (Lipinski definition) is 3. The van der Waals surface area contributed by atoms with Crippen molar-refractivity contribution in [1.82, 2.24) is 15.2 Å². The van der Waals surface area contributed by atoms with Crippen LogP contribution in [0.2, 0.25) is 0 Å². The van der Waals surface area contributed by atoms with E-state index in [2.05, 4.69) is 16.9 Å². The zero-order chi connectivity index (χ0) is 13.8. The molecule has 1 saturated heterocycles. The maximum absolute atomic E-state index is 12.2. The summed E-state index contributed by atoms with van der Waals surface area (Å²) in [6.45, 7) is 4.34. The van der Waals surface area contributed by atoms with E-state index in [4.69, 9.17) is 1.37 Å². The maximum atomic E-state index is 12.2. The molecule has 0 radical (unpaired) electrons. The Bertz CT molecular complexity index is 518. The Morgan fingerprint density at radius 3 is 3.17 bits per heavy atom. The van der Waals surface area contributed by atoms with E-state index >= 15 is 0 Å². The Morgan fingerprint density at radius 2 is 2.44 bits per heavy atom. The van der Waals surface area contributed by atoms with Gasteiger partial charge in [-0.05, 0) is 24.8 Å². The molecule has 1 fully saturated rings. The van der Waals surface area contributed by atoms with Crippen molar-refractivity contribution in [3.8, 4) is 0 Å². The van der Waals surface area contributed by atoms with Gasteiger partial charge in [0.2, 0.25) is 5.91 Å². The lowest BCUT2D eigenvalue weighted by Crippen LogP contribution is -2.33. The van der Waals surface area contributed by atoms with Crippen LogP contribution in [0.15, 0.2) is 37.2 Å². The van der Waals surface area contributed by atoms with Gasteiger partial charge in [-0.15, -0.1) is 0 Å². The summed E-state index contributed by atoms with van der Waals surface area (Å²) in [5.74, 6) is -0.559. The quantitative estimate of drug-likeness (QED) is 0.859. The van der Waals surface area contributed by atoms with Crippen LogP contribution in [0.25, 0.3) is 0 Å². The van der Waals surface area contributed by atoms with E-state index in [9.17, 15) is 9.59 Å². The second-order valence-electron chi connectivity index (χ2n) is 4.10. The topological polar surface area (TPSA) is 62.3 Å². The van der Waals surface area contributed by atoms with Crippen molar-refractivity contribution in [2.75, 3.05) is 13.1 Å². The van der Waals surface area contributed by atoms with E-state index in [0.717, 1.165) is 0 Å². The molecule has 1 unspecified atom stereocenters. The number of aromatic nitrogens is 1. The third-order valence-corrected chi connectivity index (χ3v) is 2.92. The van der Waals surface area contributed by atoms with Crippen LogP contribution < -0.4 is 5.32 Å². The van der Waals surface area contributed by atoms with Crippen LogP contribution in [0.5, 0.6) is 0 Å². The number of amides is 2. The molecule has 1 aliphatic rings.